The normalized spacial score (nSPS) is 11.0. The molecule has 0 fully saturated rings. The maximum Gasteiger partial charge on any atom is 0.262 e. The van der Waals surface area contributed by atoms with Gasteiger partial charge in [0.1, 0.15) is 18.1 Å². The molecule has 0 unspecified atom stereocenters. The van der Waals surface area contributed by atoms with E-state index in [4.69, 9.17) is 9.47 Å². The van der Waals surface area contributed by atoms with Gasteiger partial charge in [0.15, 0.2) is 0 Å². The summed E-state index contributed by atoms with van der Waals surface area (Å²) in [6, 6.07) is 17.2. The van der Waals surface area contributed by atoms with Crippen molar-refractivity contribution in [2.24, 2.45) is 0 Å². The second-order valence-corrected chi connectivity index (χ2v) is 9.39. The minimum Gasteiger partial charge on any atom is -0.497 e. The fourth-order valence-corrected chi connectivity index (χ4v) is 4.69. The molecule has 3 aromatic carbocycles. The van der Waals surface area contributed by atoms with Crippen LogP contribution in [0.25, 0.3) is 0 Å². The largest absolute Gasteiger partial charge is 0.497 e. The van der Waals surface area contributed by atoms with E-state index in [2.05, 4.69) is 10.0 Å². The molecule has 0 aliphatic carbocycles. The van der Waals surface area contributed by atoms with Crippen LogP contribution in [-0.2, 0) is 10.0 Å². The number of benzene rings is 3. The van der Waals surface area contributed by atoms with Gasteiger partial charge in [0.2, 0.25) is 0 Å². The standard InChI is InChI=1S/C25H28N2O5S/c1-17-13-18(2)15-21(14-17)27-33(29,30)24-16-20(6-5-19(24)3)25(28)26-11-12-32-23-9-7-22(31-4)8-10-23/h5-10,13-16,27H,11-12H2,1-4H3,(H,26,28). The summed E-state index contributed by atoms with van der Waals surface area (Å²) in [6.45, 7) is 6.03. The van der Waals surface area contributed by atoms with Crippen LogP contribution in [0.2, 0.25) is 0 Å². The molecule has 0 saturated carbocycles. The average molecular weight is 469 g/mol. The Kier molecular flexibility index (Phi) is 7.60. The molecule has 0 heterocycles. The van der Waals surface area contributed by atoms with Gasteiger partial charge in [0.25, 0.3) is 15.9 Å². The summed E-state index contributed by atoms with van der Waals surface area (Å²) in [6.07, 6.45) is 0. The van der Waals surface area contributed by atoms with E-state index in [1.165, 1.54) is 6.07 Å². The minimum atomic E-state index is -3.87. The fraction of sp³-hybridized carbons (Fsp3) is 0.240. The highest BCUT2D eigenvalue weighted by molar-refractivity contribution is 7.92. The number of anilines is 1. The number of carbonyl (C=O) groups is 1. The average Bonchev–Trinajstić information content (AvgIpc) is 2.76. The van der Waals surface area contributed by atoms with Crippen LogP contribution in [0.4, 0.5) is 5.69 Å². The molecule has 8 heteroatoms. The van der Waals surface area contributed by atoms with Crippen LogP contribution in [0.3, 0.4) is 0 Å². The second-order valence-electron chi connectivity index (χ2n) is 7.74. The first-order chi connectivity index (χ1) is 15.7. The van der Waals surface area contributed by atoms with Gasteiger partial charge < -0.3 is 14.8 Å². The van der Waals surface area contributed by atoms with Crippen LogP contribution in [0.5, 0.6) is 11.5 Å². The number of amides is 1. The lowest BCUT2D eigenvalue weighted by atomic mass is 10.1. The summed E-state index contributed by atoms with van der Waals surface area (Å²) in [5.41, 5.74) is 3.19. The number of rotatable bonds is 9. The van der Waals surface area contributed by atoms with E-state index in [1.807, 2.05) is 19.9 Å². The van der Waals surface area contributed by atoms with Gasteiger partial charge >= 0.3 is 0 Å². The minimum absolute atomic E-state index is 0.0591. The van der Waals surface area contributed by atoms with E-state index in [1.54, 1.807) is 62.6 Å². The first kappa shape index (κ1) is 24.1. The van der Waals surface area contributed by atoms with Gasteiger partial charge in [-0.3, -0.25) is 9.52 Å². The van der Waals surface area contributed by atoms with Crippen molar-refractivity contribution in [3.8, 4) is 11.5 Å². The summed E-state index contributed by atoms with van der Waals surface area (Å²) in [7, 11) is -2.28. The molecule has 0 aliphatic heterocycles. The molecule has 3 aromatic rings. The molecule has 0 bridgehead atoms. The molecule has 0 aromatic heterocycles. The Balaban J connectivity index is 1.64. The number of nitrogens with one attached hydrogen (secondary N) is 2. The van der Waals surface area contributed by atoms with Gasteiger partial charge in [-0.2, -0.15) is 0 Å². The van der Waals surface area contributed by atoms with Gasteiger partial charge in [-0.1, -0.05) is 12.1 Å². The Labute approximate surface area is 194 Å². The summed E-state index contributed by atoms with van der Waals surface area (Å²) in [4.78, 5) is 12.6. The predicted octanol–water partition coefficient (Wildman–Crippen LogP) is 4.23. The number of ether oxygens (including phenoxy) is 2. The Morgan fingerprint density at radius 2 is 1.52 bits per heavy atom. The van der Waals surface area contributed by atoms with E-state index < -0.39 is 10.0 Å². The van der Waals surface area contributed by atoms with Gasteiger partial charge in [0, 0.05) is 11.3 Å². The Morgan fingerprint density at radius 3 is 2.15 bits per heavy atom. The third-order valence-electron chi connectivity index (χ3n) is 4.93. The highest BCUT2D eigenvalue weighted by Gasteiger charge is 2.19. The predicted molar refractivity (Wildman–Crippen MR) is 129 cm³/mol. The van der Waals surface area contributed by atoms with Crippen molar-refractivity contribution < 1.29 is 22.7 Å². The molecule has 0 spiro atoms. The molecule has 2 N–H and O–H groups in total. The lowest BCUT2D eigenvalue weighted by Crippen LogP contribution is -2.28. The first-order valence-electron chi connectivity index (χ1n) is 10.4. The zero-order chi connectivity index (χ0) is 24.0. The zero-order valence-electron chi connectivity index (χ0n) is 19.1. The molecule has 0 atom stereocenters. The van der Waals surface area contributed by atoms with E-state index in [-0.39, 0.29) is 29.5 Å². The van der Waals surface area contributed by atoms with E-state index in [0.29, 0.717) is 17.0 Å². The SMILES string of the molecule is COc1ccc(OCCNC(=O)c2ccc(C)c(S(=O)(=O)Nc3cc(C)cc(C)c3)c2)cc1. The van der Waals surface area contributed by atoms with E-state index in [9.17, 15) is 13.2 Å². The van der Waals surface area contributed by atoms with Crippen molar-refractivity contribution in [3.63, 3.8) is 0 Å². The lowest BCUT2D eigenvalue weighted by molar-refractivity contribution is 0.0946. The molecule has 0 radical (unpaired) electrons. The second kappa shape index (κ2) is 10.4. The van der Waals surface area contributed by atoms with E-state index in [0.717, 1.165) is 16.9 Å². The molecule has 1 amide bonds. The first-order valence-corrected chi connectivity index (χ1v) is 11.9. The maximum atomic E-state index is 13.0. The topological polar surface area (TPSA) is 93.7 Å². The molecular weight excluding hydrogens is 440 g/mol. The highest BCUT2D eigenvalue weighted by atomic mass is 32.2. The molecule has 33 heavy (non-hydrogen) atoms. The molecule has 0 saturated heterocycles. The van der Waals surface area contributed by atoms with Gasteiger partial charge in [0.05, 0.1) is 18.6 Å². The summed E-state index contributed by atoms with van der Waals surface area (Å²) in [5.74, 6) is 1.01. The number of aryl methyl sites for hydroxylation is 3. The van der Waals surface area contributed by atoms with Crippen molar-refractivity contribution in [1.82, 2.24) is 5.32 Å². The van der Waals surface area contributed by atoms with Crippen LogP contribution >= 0.6 is 0 Å². The molecule has 0 aliphatic rings. The van der Waals surface area contributed by atoms with Gasteiger partial charge in [-0.15, -0.1) is 0 Å². The van der Waals surface area contributed by atoms with Crippen LogP contribution in [-0.4, -0.2) is 34.6 Å². The molecule has 174 valence electrons. The molecule has 3 rings (SSSR count). The van der Waals surface area contributed by atoms with Crippen LogP contribution < -0.4 is 19.5 Å². The molecular formula is C25H28N2O5S. The number of hydrogen-bond donors (Lipinski definition) is 2. The lowest BCUT2D eigenvalue weighted by Gasteiger charge is -2.13. The smallest absolute Gasteiger partial charge is 0.262 e. The van der Waals surface area contributed by atoms with E-state index >= 15 is 0 Å². The summed E-state index contributed by atoms with van der Waals surface area (Å²) >= 11 is 0. The maximum absolute atomic E-state index is 13.0. The van der Waals surface area contributed by atoms with Crippen molar-refractivity contribution in [2.45, 2.75) is 25.7 Å². The Hall–Kier alpha value is -3.52. The number of methoxy groups -OCH3 is 1. The monoisotopic (exact) mass is 468 g/mol. The van der Waals surface area contributed by atoms with Crippen molar-refractivity contribution in [1.29, 1.82) is 0 Å². The van der Waals surface area contributed by atoms with Crippen molar-refractivity contribution in [3.05, 3.63) is 82.9 Å². The quantitative estimate of drug-likeness (QED) is 0.459. The van der Waals surface area contributed by atoms with Crippen LogP contribution in [0.15, 0.2) is 65.6 Å². The summed E-state index contributed by atoms with van der Waals surface area (Å²) < 4.78 is 39.3. The Bertz CT molecular complexity index is 1220. The number of carbonyl (C=O) groups excluding carboxylic acids is 1. The van der Waals surface area contributed by atoms with Crippen molar-refractivity contribution >= 4 is 21.6 Å². The fourth-order valence-electron chi connectivity index (χ4n) is 3.38. The zero-order valence-corrected chi connectivity index (χ0v) is 20.0. The van der Waals surface area contributed by atoms with Crippen LogP contribution in [0.1, 0.15) is 27.0 Å². The van der Waals surface area contributed by atoms with Crippen LogP contribution in [0, 0.1) is 20.8 Å². The van der Waals surface area contributed by atoms with Gasteiger partial charge in [-0.25, -0.2) is 8.42 Å². The van der Waals surface area contributed by atoms with Gasteiger partial charge in [-0.05, 0) is 86.0 Å². The molecule has 7 nitrogen and oxygen atoms in total. The number of sulfonamides is 1. The number of hydrogen-bond acceptors (Lipinski definition) is 5. The van der Waals surface area contributed by atoms with Crippen molar-refractivity contribution in [2.75, 3.05) is 25.0 Å². The third kappa shape index (κ3) is 6.49. The Morgan fingerprint density at radius 1 is 0.879 bits per heavy atom. The highest BCUT2D eigenvalue weighted by Crippen LogP contribution is 2.22. The summed E-state index contributed by atoms with van der Waals surface area (Å²) in [5, 5.41) is 2.75. The third-order valence-corrected chi connectivity index (χ3v) is 6.45.